The van der Waals surface area contributed by atoms with Crippen LogP contribution >= 0.6 is 0 Å². The lowest BCUT2D eigenvalue weighted by molar-refractivity contribution is 0.424. The van der Waals surface area contributed by atoms with Crippen molar-refractivity contribution in [3.63, 3.8) is 0 Å². The second-order valence-corrected chi connectivity index (χ2v) is 4.78. The van der Waals surface area contributed by atoms with Gasteiger partial charge in [-0.25, -0.2) is 15.1 Å². The molecule has 0 bridgehead atoms. The molecule has 0 aromatic carbocycles. The number of aryl methyl sites for hydroxylation is 1. The molecule has 0 aliphatic rings. The molecule has 1 unspecified atom stereocenters. The molecule has 6 heteroatoms. The Balaban J connectivity index is 2.06. The number of hydrogen-bond donors (Lipinski definition) is 2. The van der Waals surface area contributed by atoms with Crippen molar-refractivity contribution >= 4 is 0 Å². The van der Waals surface area contributed by atoms with Crippen molar-refractivity contribution < 1.29 is 0 Å². The average molecular weight is 260 g/mol. The Bertz CT molecular complexity index is 493. The summed E-state index contributed by atoms with van der Waals surface area (Å²) in [6.07, 6.45) is 6.98. The first-order valence-corrected chi connectivity index (χ1v) is 6.46. The normalized spacial score (nSPS) is 12.8. The molecule has 2 aromatic heterocycles. The zero-order valence-electron chi connectivity index (χ0n) is 11.3. The van der Waals surface area contributed by atoms with Gasteiger partial charge in [-0.3, -0.25) is 10.8 Å². The van der Waals surface area contributed by atoms with E-state index in [1.165, 1.54) is 5.56 Å². The monoisotopic (exact) mass is 260 g/mol. The molecule has 0 amide bonds. The highest BCUT2D eigenvalue weighted by molar-refractivity contribution is 5.09. The maximum absolute atomic E-state index is 5.65. The van der Waals surface area contributed by atoms with E-state index in [-0.39, 0.29) is 12.1 Å². The van der Waals surface area contributed by atoms with E-state index >= 15 is 0 Å². The minimum atomic E-state index is -0.00916. The summed E-state index contributed by atoms with van der Waals surface area (Å²) in [5.41, 5.74) is 4.02. The summed E-state index contributed by atoms with van der Waals surface area (Å²) in [7, 11) is 0. The van der Waals surface area contributed by atoms with E-state index in [9.17, 15) is 0 Å². The molecule has 0 fully saturated rings. The lowest BCUT2D eigenvalue weighted by Gasteiger charge is -2.18. The van der Waals surface area contributed by atoms with Crippen molar-refractivity contribution in [1.82, 2.24) is 25.2 Å². The maximum atomic E-state index is 5.65. The first kappa shape index (κ1) is 13.6. The number of aromatic nitrogens is 4. The smallest absolute Gasteiger partial charge is 0.145 e. The molecule has 102 valence electrons. The predicted molar refractivity (Wildman–Crippen MR) is 73.0 cm³/mol. The summed E-state index contributed by atoms with van der Waals surface area (Å²) in [5, 5.41) is 4.24. The quantitative estimate of drug-likeness (QED) is 0.606. The fourth-order valence-corrected chi connectivity index (χ4v) is 2.05. The topological polar surface area (TPSA) is 81.7 Å². The van der Waals surface area contributed by atoms with E-state index in [2.05, 4.69) is 40.4 Å². The highest BCUT2D eigenvalue weighted by Crippen LogP contribution is 2.18. The van der Waals surface area contributed by atoms with Crippen molar-refractivity contribution in [2.75, 3.05) is 0 Å². The van der Waals surface area contributed by atoms with E-state index < -0.39 is 0 Å². The van der Waals surface area contributed by atoms with Gasteiger partial charge in [-0.05, 0) is 38.3 Å². The molecule has 0 spiro atoms. The zero-order valence-corrected chi connectivity index (χ0v) is 11.3. The summed E-state index contributed by atoms with van der Waals surface area (Å²) in [4.78, 5) is 8.43. The van der Waals surface area contributed by atoms with Crippen LogP contribution in [0, 0.1) is 0 Å². The van der Waals surface area contributed by atoms with Gasteiger partial charge in [0.15, 0.2) is 0 Å². The third-order valence-electron chi connectivity index (χ3n) is 3.05. The number of hydrazine groups is 1. The molecule has 1 atom stereocenters. The SMILES string of the molecule is CC(C)n1ncnc1C(CCc1cccnc1)NN. The van der Waals surface area contributed by atoms with Crippen LogP contribution in [0.4, 0.5) is 0 Å². The Hall–Kier alpha value is -1.79. The van der Waals surface area contributed by atoms with Crippen molar-refractivity contribution in [2.45, 2.75) is 38.8 Å². The Morgan fingerprint density at radius 3 is 2.89 bits per heavy atom. The van der Waals surface area contributed by atoms with E-state index in [1.54, 1.807) is 12.5 Å². The average Bonchev–Trinajstić information content (AvgIpc) is 2.90. The fraction of sp³-hybridized carbons (Fsp3) is 0.462. The van der Waals surface area contributed by atoms with Gasteiger partial charge in [0.2, 0.25) is 0 Å². The molecular formula is C13H20N6. The lowest BCUT2D eigenvalue weighted by Crippen LogP contribution is -2.31. The number of rotatable bonds is 6. The standard InChI is InChI=1S/C13H20N6/c1-10(2)19-13(16-9-17-19)12(18-14)6-5-11-4-3-7-15-8-11/h3-4,7-10,12,18H,5-6,14H2,1-2H3. The summed E-state index contributed by atoms with van der Waals surface area (Å²) >= 11 is 0. The van der Waals surface area contributed by atoms with Gasteiger partial charge in [0.1, 0.15) is 12.2 Å². The van der Waals surface area contributed by atoms with Gasteiger partial charge in [0.05, 0.1) is 6.04 Å². The van der Waals surface area contributed by atoms with Crippen LogP contribution in [0.5, 0.6) is 0 Å². The minimum Gasteiger partial charge on any atom is -0.271 e. The molecule has 3 N–H and O–H groups in total. The van der Waals surface area contributed by atoms with Crippen LogP contribution in [0.15, 0.2) is 30.9 Å². The summed E-state index contributed by atoms with van der Waals surface area (Å²) in [6, 6.07) is 4.27. The van der Waals surface area contributed by atoms with Gasteiger partial charge >= 0.3 is 0 Å². The molecule has 0 radical (unpaired) electrons. The van der Waals surface area contributed by atoms with Crippen molar-refractivity contribution in [1.29, 1.82) is 0 Å². The Kier molecular flexibility index (Phi) is 4.59. The Morgan fingerprint density at radius 2 is 2.26 bits per heavy atom. The van der Waals surface area contributed by atoms with E-state index in [1.807, 2.05) is 16.9 Å². The molecule has 19 heavy (non-hydrogen) atoms. The van der Waals surface area contributed by atoms with Gasteiger partial charge in [0.25, 0.3) is 0 Å². The Morgan fingerprint density at radius 1 is 1.42 bits per heavy atom. The number of nitrogens with one attached hydrogen (secondary N) is 1. The molecule has 6 nitrogen and oxygen atoms in total. The molecule has 2 aromatic rings. The predicted octanol–water partition coefficient (Wildman–Crippen LogP) is 1.39. The summed E-state index contributed by atoms with van der Waals surface area (Å²) < 4.78 is 1.90. The largest absolute Gasteiger partial charge is 0.271 e. The first-order valence-electron chi connectivity index (χ1n) is 6.46. The summed E-state index contributed by atoms with van der Waals surface area (Å²) in [5.74, 6) is 6.53. The highest BCUT2D eigenvalue weighted by atomic mass is 15.4. The summed E-state index contributed by atoms with van der Waals surface area (Å²) in [6.45, 7) is 4.15. The highest BCUT2D eigenvalue weighted by Gasteiger charge is 2.17. The molecule has 0 aliphatic carbocycles. The first-order chi connectivity index (χ1) is 9.22. The second kappa shape index (κ2) is 6.40. The number of nitrogens with zero attached hydrogens (tertiary/aromatic N) is 4. The molecule has 2 heterocycles. The number of hydrogen-bond acceptors (Lipinski definition) is 5. The van der Waals surface area contributed by atoms with Crippen molar-refractivity contribution in [3.8, 4) is 0 Å². The van der Waals surface area contributed by atoms with Gasteiger partial charge in [-0.1, -0.05) is 6.07 Å². The third kappa shape index (κ3) is 3.36. The van der Waals surface area contributed by atoms with Crippen LogP contribution in [0.3, 0.4) is 0 Å². The molecule has 2 rings (SSSR count). The van der Waals surface area contributed by atoms with Crippen LogP contribution in [0.2, 0.25) is 0 Å². The van der Waals surface area contributed by atoms with Crippen molar-refractivity contribution in [2.24, 2.45) is 5.84 Å². The molecular weight excluding hydrogens is 240 g/mol. The number of nitrogens with two attached hydrogens (primary N) is 1. The van der Waals surface area contributed by atoms with Crippen LogP contribution in [0.25, 0.3) is 0 Å². The van der Waals surface area contributed by atoms with Gasteiger partial charge in [-0.2, -0.15) is 5.10 Å². The molecule has 0 aliphatic heterocycles. The molecule has 0 saturated carbocycles. The van der Waals surface area contributed by atoms with Gasteiger partial charge < -0.3 is 0 Å². The minimum absolute atomic E-state index is 0.00916. The van der Waals surface area contributed by atoms with E-state index in [4.69, 9.17) is 5.84 Å². The van der Waals surface area contributed by atoms with E-state index in [0.717, 1.165) is 18.7 Å². The Labute approximate surface area is 113 Å². The van der Waals surface area contributed by atoms with Crippen LogP contribution in [0.1, 0.15) is 43.7 Å². The number of pyridine rings is 1. The van der Waals surface area contributed by atoms with Crippen LogP contribution < -0.4 is 11.3 Å². The van der Waals surface area contributed by atoms with Gasteiger partial charge in [-0.15, -0.1) is 0 Å². The van der Waals surface area contributed by atoms with Crippen LogP contribution in [-0.4, -0.2) is 19.7 Å². The second-order valence-electron chi connectivity index (χ2n) is 4.78. The maximum Gasteiger partial charge on any atom is 0.145 e. The third-order valence-corrected chi connectivity index (χ3v) is 3.05. The zero-order chi connectivity index (χ0) is 13.7. The molecule has 0 saturated heterocycles. The lowest BCUT2D eigenvalue weighted by atomic mass is 10.1. The van der Waals surface area contributed by atoms with Gasteiger partial charge in [0, 0.05) is 18.4 Å². The fourth-order valence-electron chi connectivity index (χ4n) is 2.05. The van der Waals surface area contributed by atoms with Crippen molar-refractivity contribution in [3.05, 3.63) is 42.2 Å². The van der Waals surface area contributed by atoms with E-state index in [0.29, 0.717) is 0 Å². The van der Waals surface area contributed by atoms with Crippen LogP contribution in [-0.2, 0) is 6.42 Å².